The number of carbonyl (C=O) groups is 1. The molecule has 1 aliphatic heterocycles. The highest BCUT2D eigenvalue weighted by Crippen LogP contribution is 2.23. The molecule has 3 N–H and O–H groups in total. The van der Waals surface area contributed by atoms with Crippen LogP contribution in [0.2, 0.25) is 0 Å². The van der Waals surface area contributed by atoms with E-state index >= 15 is 0 Å². The molecule has 0 aliphatic carbocycles. The molecular weight excluding hydrogens is 218 g/mol. The van der Waals surface area contributed by atoms with E-state index in [1.54, 1.807) is 12.3 Å². The van der Waals surface area contributed by atoms with Gasteiger partial charge in [0.2, 0.25) is 5.91 Å². The van der Waals surface area contributed by atoms with Gasteiger partial charge in [-0.3, -0.25) is 4.79 Å². The molecule has 2 rings (SSSR count). The molecule has 2 heterocycles. The van der Waals surface area contributed by atoms with Crippen LogP contribution in [0.15, 0.2) is 12.3 Å². The van der Waals surface area contributed by atoms with Crippen LogP contribution in [-0.2, 0) is 4.79 Å². The monoisotopic (exact) mass is 231 g/mol. The summed E-state index contributed by atoms with van der Waals surface area (Å²) >= 11 is 0. The molecule has 0 unspecified atom stereocenters. The number of amides is 1. The molecule has 1 amide bonds. The normalized spacial score (nSPS) is 15.9. The van der Waals surface area contributed by atoms with Crippen LogP contribution in [0.4, 0.5) is 11.5 Å². The first kappa shape index (κ1) is 11.2. The van der Waals surface area contributed by atoms with Crippen molar-refractivity contribution < 1.29 is 4.79 Å². The fraction of sp³-hybridized carbons (Fsp3) is 0.364. The van der Waals surface area contributed by atoms with Gasteiger partial charge in [-0.1, -0.05) is 0 Å². The maximum Gasteiger partial charge on any atom is 0.221 e. The highest BCUT2D eigenvalue weighted by Gasteiger charge is 2.17. The first-order valence-electron chi connectivity index (χ1n) is 5.38. The fourth-order valence-electron chi connectivity index (χ4n) is 1.79. The van der Waals surface area contributed by atoms with Gasteiger partial charge in [0.05, 0.1) is 11.3 Å². The Hall–Kier alpha value is -2.29. The molecular formula is C11H13N5O. The van der Waals surface area contributed by atoms with E-state index in [0.29, 0.717) is 43.1 Å². The van der Waals surface area contributed by atoms with Crippen LogP contribution in [0, 0.1) is 11.3 Å². The molecule has 0 spiro atoms. The molecule has 1 saturated heterocycles. The van der Waals surface area contributed by atoms with E-state index in [0.717, 1.165) is 0 Å². The molecule has 0 radical (unpaired) electrons. The summed E-state index contributed by atoms with van der Waals surface area (Å²) in [6, 6.07) is 3.61. The molecule has 1 fully saturated rings. The SMILES string of the molecule is N#Cc1ccnc(N2CCNC(=O)CC2)c1N. The number of carbonyl (C=O) groups excluding carboxylic acids is 1. The summed E-state index contributed by atoms with van der Waals surface area (Å²) in [5, 5.41) is 11.7. The summed E-state index contributed by atoms with van der Waals surface area (Å²) in [5.74, 6) is 0.614. The Morgan fingerprint density at radius 3 is 3.12 bits per heavy atom. The number of rotatable bonds is 1. The van der Waals surface area contributed by atoms with Gasteiger partial charge in [0.25, 0.3) is 0 Å². The van der Waals surface area contributed by atoms with Gasteiger partial charge < -0.3 is 16.0 Å². The van der Waals surface area contributed by atoms with Gasteiger partial charge in [-0.2, -0.15) is 5.26 Å². The number of nitrogens with two attached hydrogens (primary N) is 1. The van der Waals surface area contributed by atoms with Crippen LogP contribution in [0.25, 0.3) is 0 Å². The van der Waals surface area contributed by atoms with E-state index in [9.17, 15) is 4.79 Å². The average molecular weight is 231 g/mol. The number of pyridine rings is 1. The van der Waals surface area contributed by atoms with E-state index in [1.165, 1.54) is 0 Å². The van der Waals surface area contributed by atoms with Crippen LogP contribution >= 0.6 is 0 Å². The predicted molar refractivity (Wildman–Crippen MR) is 63.2 cm³/mol. The zero-order chi connectivity index (χ0) is 12.3. The van der Waals surface area contributed by atoms with Gasteiger partial charge in [0.1, 0.15) is 6.07 Å². The van der Waals surface area contributed by atoms with Crippen molar-refractivity contribution in [3.63, 3.8) is 0 Å². The number of nitrogen functional groups attached to an aromatic ring is 1. The largest absolute Gasteiger partial charge is 0.395 e. The molecule has 0 atom stereocenters. The lowest BCUT2D eigenvalue weighted by molar-refractivity contribution is -0.120. The molecule has 1 aromatic heterocycles. The van der Waals surface area contributed by atoms with Gasteiger partial charge in [0, 0.05) is 32.3 Å². The van der Waals surface area contributed by atoms with Crippen LogP contribution < -0.4 is 16.0 Å². The second-order valence-corrected chi connectivity index (χ2v) is 3.79. The first-order chi connectivity index (χ1) is 8.22. The van der Waals surface area contributed by atoms with Crippen molar-refractivity contribution in [1.82, 2.24) is 10.3 Å². The number of hydrogen-bond donors (Lipinski definition) is 2. The number of nitrogens with one attached hydrogen (secondary N) is 1. The van der Waals surface area contributed by atoms with Gasteiger partial charge in [-0.25, -0.2) is 4.98 Å². The zero-order valence-corrected chi connectivity index (χ0v) is 9.31. The Morgan fingerprint density at radius 1 is 1.53 bits per heavy atom. The second kappa shape index (κ2) is 4.70. The van der Waals surface area contributed by atoms with Crippen LogP contribution in [0.3, 0.4) is 0 Å². The topological polar surface area (TPSA) is 95.0 Å². The van der Waals surface area contributed by atoms with Crippen molar-refractivity contribution >= 4 is 17.4 Å². The van der Waals surface area contributed by atoms with E-state index in [4.69, 9.17) is 11.0 Å². The van der Waals surface area contributed by atoms with Crippen molar-refractivity contribution in [2.24, 2.45) is 0 Å². The Bertz CT molecular complexity index is 479. The third-order valence-corrected chi connectivity index (χ3v) is 2.70. The van der Waals surface area contributed by atoms with Crippen molar-refractivity contribution in [1.29, 1.82) is 5.26 Å². The highest BCUT2D eigenvalue weighted by atomic mass is 16.1. The maximum atomic E-state index is 11.2. The number of hydrogen-bond acceptors (Lipinski definition) is 5. The number of nitrogens with zero attached hydrogens (tertiary/aromatic N) is 3. The summed E-state index contributed by atoms with van der Waals surface area (Å²) < 4.78 is 0. The minimum absolute atomic E-state index is 0.0301. The first-order valence-corrected chi connectivity index (χ1v) is 5.38. The van der Waals surface area contributed by atoms with Crippen LogP contribution in [0.5, 0.6) is 0 Å². The molecule has 0 bridgehead atoms. The molecule has 88 valence electrons. The summed E-state index contributed by atoms with van der Waals surface area (Å²) in [4.78, 5) is 17.3. The Labute approximate surface area is 99.0 Å². The van der Waals surface area contributed by atoms with Crippen LogP contribution in [0.1, 0.15) is 12.0 Å². The predicted octanol–water partition coefficient (Wildman–Crippen LogP) is -0.138. The average Bonchev–Trinajstić information content (AvgIpc) is 2.54. The third-order valence-electron chi connectivity index (χ3n) is 2.70. The summed E-state index contributed by atoms with van der Waals surface area (Å²) in [7, 11) is 0. The molecule has 0 aromatic carbocycles. The van der Waals surface area contributed by atoms with E-state index in [-0.39, 0.29) is 5.91 Å². The van der Waals surface area contributed by atoms with E-state index in [1.807, 2.05) is 11.0 Å². The lowest BCUT2D eigenvalue weighted by atomic mass is 10.2. The van der Waals surface area contributed by atoms with Crippen molar-refractivity contribution in [3.8, 4) is 6.07 Å². The van der Waals surface area contributed by atoms with E-state index < -0.39 is 0 Å². The zero-order valence-electron chi connectivity index (χ0n) is 9.31. The molecule has 1 aromatic rings. The van der Waals surface area contributed by atoms with Gasteiger partial charge in [0.15, 0.2) is 5.82 Å². The van der Waals surface area contributed by atoms with Crippen molar-refractivity contribution in [2.45, 2.75) is 6.42 Å². The van der Waals surface area contributed by atoms with Crippen LogP contribution in [-0.4, -0.2) is 30.5 Å². The molecule has 0 saturated carbocycles. The number of aromatic nitrogens is 1. The van der Waals surface area contributed by atoms with Crippen molar-refractivity contribution in [3.05, 3.63) is 17.8 Å². The Morgan fingerprint density at radius 2 is 2.35 bits per heavy atom. The molecule has 6 heteroatoms. The standard InChI is InChI=1S/C11H13N5O/c12-7-8-1-3-15-11(10(8)13)16-5-2-9(17)14-4-6-16/h1,3H,2,4-6,13H2,(H,14,17). The van der Waals surface area contributed by atoms with E-state index in [2.05, 4.69) is 10.3 Å². The number of nitriles is 1. The fourth-order valence-corrected chi connectivity index (χ4v) is 1.79. The second-order valence-electron chi connectivity index (χ2n) is 3.79. The summed E-state index contributed by atoms with van der Waals surface area (Å²) in [6.07, 6.45) is 1.97. The molecule has 17 heavy (non-hydrogen) atoms. The molecule has 1 aliphatic rings. The quantitative estimate of drug-likeness (QED) is 0.701. The Balaban J connectivity index is 2.28. The van der Waals surface area contributed by atoms with Gasteiger partial charge >= 0.3 is 0 Å². The number of anilines is 2. The smallest absolute Gasteiger partial charge is 0.221 e. The third kappa shape index (κ3) is 2.28. The Kier molecular flexibility index (Phi) is 3.10. The lowest BCUT2D eigenvalue weighted by Gasteiger charge is -2.22. The minimum atomic E-state index is 0.0301. The van der Waals surface area contributed by atoms with Gasteiger partial charge in [-0.15, -0.1) is 0 Å². The van der Waals surface area contributed by atoms with Gasteiger partial charge in [-0.05, 0) is 6.07 Å². The highest BCUT2D eigenvalue weighted by molar-refractivity contribution is 5.78. The summed E-state index contributed by atoms with van der Waals surface area (Å²) in [6.45, 7) is 1.78. The van der Waals surface area contributed by atoms with Crippen molar-refractivity contribution in [2.75, 3.05) is 30.3 Å². The molecule has 6 nitrogen and oxygen atoms in total. The minimum Gasteiger partial charge on any atom is -0.395 e. The summed E-state index contributed by atoms with van der Waals surface area (Å²) in [5.41, 5.74) is 6.67. The lowest BCUT2D eigenvalue weighted by Crippen LogP contribution is -2.29. The maximum absolute atomic E-state index is 11.2.